The zero-order valence-corrected chi connectivity index (χ0v) is 14.2. The molecule has 124 valence electrons. The molecule has 0 heterocycles. The van der Waals surface area contributed by atoms with Crippen LogP contribution < -0.4 is 10.6 Å². The third kappa shape index (κ3) is 3.29. The van der Waals surface area contributed by atoms with Crippen LogP contribution in [0.15, 0.2) is 42.5 Å². The fraction of sp³-hybridized carbons (Fsp3) is 0.263. The first kappa shape index (κ1) is 16.5. The largest absolute Gasteiger partial charge is 0.355 e. The quantitative estimate of drug-likeness (QED) is 0.892. The van der Waals surface area contributed by atoms with Crippen LogP contribution in [-0.4, -0.2) is 18.9 Å². The van der Waals surface area contributed by atoms with Gasteiger partial charge in [-0.1, -0.05) is 35.9 Å². The van der Waals surface area contributed by atoms with Crippen molar-refractivity contribution in [1.29, 1.82) is 0 Å². The molecule has 0 aliphatic heterocycles. The van der Waals surface area contributed by atoms with Gasteiger partial charge in [0.05, 0.1) is 16.6 Å². The van der Waals surface area contributed by atoms with Crippen molar-refractivity contribution in [1.82, 2.24) is 5.32 Å². The lowest BCUT2D eigenvalue weighted by atomic mass is 9.82. The first-order valence-electron chi connectivity index (χ1n) is 8.00. The first-order chi connectivity index (χ1) is 11.6. The maximum Gasteiger partial charge on any atom is 0.251 e. The molecule has 0 aromatic heterocycles. The zero-order valence-electron chi connectivity index (χ0n) is 13.4. The van der Waals surface area contributed by atoms with E-state index in [4.69, 9.17) is 11.6 Å². The number of rotatable bonds is 3. The second kappa shape index (κ2) is 7.05. The number of hydrogen-bond acceptors (Lipinski definition) is 2. The molecule has 0 bridgehead atoms. The predicted octanol–water partition coefficient (Wildman–Crippen LogP) is 3.76. The summed E-state index contributed by atoms with van der Waals surface area (Å²) in [7, 11) is 1.56. The van der Waals surface area contributed by atoms with Gasteiger partial charge in [0.15, 0.2) is 0 Å². The van der Waals surface area contributed by atoms with Gasteiger partial charge in [-0.05, 0) is 48.6 Å². The van der Waals surface area contributed by atoms with E-state index in [9.17, 15) is 9.59 Å². The minimum absolute atomic E-state index is 0.0851. The molecule has 24 heavy (non-hydrogen) atoms. The molecule has 2 aromatic rings. The second-order valence-corrected chi connectivity index (χ2v) is 6.31. The van der Waals surface area contributed by atoms with Crippen LogP contribution >= 0.6 is 11.6 Å². The van der Waals surface area contributed by atoms with E-state index in [1.807, 2.05) is 18.2 Å². The van der Waals surface area contributed by atoms with Crippen LogP contribution in [0, 0.1) is 0 Å². The molecule has 0 saturated carbocycles. The van der Waals surface area contributed by atoms with Gasteiger partial charge < -0.3 is 10.6 Å². The average molecular weight is 343 g/mol. The third-order valence-corrected chi connectivity index (χ3v) is 4.73. The van der Waals surface area contributed by atoms with Crippen LogP contribution in [0.2, 0.25) is 5.02 Å². The molecule has 2 amide bonds. The topological polar surface area (TPSA) is 58.2 Å². The summed E-state index contributed by atoms with van der Waals surface area (Å²) >= 11 is 6.18. The van der Waals surface area contributed by atoms with Gasteiger partial charge in [0.1, 0.15) is 0 Å². The predicted molar refractivity (Wildman–Crippen MR) is 95.6 cm³/mol. The Hall–Kier alpha value is -2.33. The highest BCUT2D eigenvalue weighted by Crippen LogP contribution is 2.33. The van der Waals surface area contributed by atoms with Gasteiger partial charge in [-0.2, -0.15) is 0 Å². The van der Waals surface area contributed by atoms with Crippen molar-refractivity contribution < 1.29 is 9.59 Å². The molecule has 0 spiro atoms. The maximum absolute atomic E-state index is 12.8. The van der Waals surface area contributed by atoms with Crippen LogP contribution in [0.5, 0.6) is 0 Å². The van der Waals surface area contributed by atoms with Gasteiger partial charge in [-0.15, -0.1) is 0 Å². The minimum atomic E-state index is -0.217. The highest BCUT2D eigenvalue weighted by molar-refractivity contribution is 6.34. The van der Waals surface area contributed by atoms with Crippen molar-refractivity contribution in [3.63, 3.8) is 0 Å². The summed E-state index contributed by atoms with van der Waals surface area (Å²) in [6.45, 7) is 0. The molecule has 2 aromatic carbocycles. The van der Waals surface area contributed by atoms with Crippen LogP contribution in [0.4, 0.5) is 5.69 Å². The number of fused-ring (bicyclic) bond motifs is 1. The lowest BCUT2D eigenvalue weighted by molar-refractivity contribution is -0.117. The number of hydrogen-bond donors (Lipinski definition) is 2. The lowest BCUT2D eigenvalue weighted by Crippen LogP contribution is -2.25. The second-order valence-electron chi connectivity index (χ2n) is 5.91. The Bertz CT molecular complexity index is 789. The molecule has 2 N–H and O–H groups in total. The SMILES string of the molecule is CNC(=O)c1ccc(Cl)c(NC(=O)[C@@H]2CCCc3ccccc32)c1. The van der Waals surface area contributed by atoms with E-state index in [1.165, 1.54) is 5.56 Å². The van der Waals surface area contributed by atoms with Crippen LogP contribution in [-0.2, 0) is 11.2 Å². The standard InChI is InChI=1S/C19H19ClN2O2/c1-21-18(23)13-9-10-16(20)17(11-13)22-19(24)15-8-4-6-12-5-2-3-7-14(12)15/h2-3,5,7,9-11,15H,4,6,8H2,1H3,(H,21,23)(H,22,24)/t15-/m1/s1. The first-order valence-corrected chi connectivity index (χ1v) is 8.38. The van der Waals surface area contributed by atoms with Gasteiger partial charge in [-0.25, -0.2) is 0 Å². The average Bonchev–Trinajstić information content (AvgIpc) is 2.62. The normalized spacial score (nSPS) is 16.2. The molecule has 0 saturated heterocycles. The molecular weight excluding hydrogens is 324 g/mol. The summed E-state index contributed by atoms with van der Waals surface area (Å²) < 4.78 is 0. The Kier molecular flexibility index (Phi) is 4.86. The molecular formula is C19H19ClN2O2. The van der Waals surface area contributed by atoms with Crippen molar-refractivity contribution in [2.45, 2.75) is 25.2 Å². The molecule has 4 nitrogen and oxygen atoms in total. The molecule has 0 unspecified atom stereocenters. The molecule has 0 fully saturated rings. The fourth-order valence-electron chi connectivity index (χ4n) is 3.15. The minimum Gasteiger partial charge on any atom is -0.355 e. The van der Waals surface area contributed by atoms with Crippen molar-refractivity contribution in [3.8, 4) is 0 Å². The highest BCUT2D eigenvalue weighted by atomic mass is 35.5. The van der Waals surface area contributed by atoms with Crippen LogP contribution in [0.25, 0.3) is 0 Å². The third-order valence-electron chi connectivity index (χ3n) is 4.40. The number of halogens is 1. The summed E-state index contributed by atoms with van der Waals surface area (Å²) in [6.07, 6.45) is 2.81. The molecule has 5 heteroatoms. The van der Waals surface area contributed by atoms with Crippen LogP contribution in [0.3, 0.4) is 0 Å². The Balaban J connectivity index is 1.85. The van der Waals surface area contributed by atoms with E-state index < -0.39 is 0 Å². The number of amides is 2. The Morgan fingerprint density at radius 3 is 2.75 bits per heavy atom. The van der Waals surface area contributed by atoms with E-state index in [2.05, 4.69) is 16.7 Å². The summed E-state index contributed by atoms with van der Waals surface area (Å²) in [5, 5.41) is 5.87. The summed E-state index contributed by atoms with van der Waals surface area (Å²) in [5.41, 5.74) is 3.24. The molecule has 1 aliphatic rings. The van der Waals surface area contributed by atoms with Gasteiger partial charge in [0.2, 0.25) is 5.91 Å². The molecule has 0 radical (unpaired) electrons. The summed E-state index contributed by atoms with van der Waals surface area (Å²) in [4.78, 5) is 24.5. The van der Waals surface area contributed by atoms with E-state index in [-0.39, 0.29) is 17.7 Å². The number of aryl methyl sites for hydroxylation is 1. The molecule has 1 atom stereocenters. The van der Waals surface area contributed by atoms with Crippen molar-refractivity contribution in [3.05, 3.63) is 64.2 Å². The van der Waals surface area contributed by atoms with Crippen molar-refractivity contribution in [2.75, 3.05) is 12.4 Å². The van der Waals surface area contributed by atoms with Gasteiger partial charge >= 0.3 is 0 Å². The Labute approximate surface area is 146 Å². The Morgan fingerprint density at radius 1 is 1.17 bits per heavy atom. The fourth-order valence-corrected chi connectivity index (χ4v) is 3.32. The zero-order chi connectivity index (χ0) is 17.1. The monoisotopic (exact) mass is 342 g/mol. The highest BCUT2D eigenvalue weighted by Gasteiger charge is 2.26. The van der Waals surface area contributed by atoms with Crippen molar-refractivity contribution in [2.24, 2.45) is 0 Å². The van der Waals surface area contributed by atoms with Crippen LogP contribution in [0.1, 0.15) is 40.2 Å². The van der Waals surface area contributed by atoms with E-state index in [0.29, 0.717) is 16.3 Å². The molecule has 3 rings (SSSR count). The number of benzene rings is 2. The van der Waals surface area contributed by atoms with Gasteiger partial charge in [0, 0.05) is 12.6 Å². The smallest absolute Gasteiger partial charge is 0.251 e. The Morgan fingerprint density at radius 2 is 1.96 bits per heavy atom. The van der Waals surface area contributed by atoms with Gasteiger partial charge in [-0.3, -0.25) is 9.59 Å². The lowest BCUT2D eigenvalue weighted by Gasteiger charge is -2.24. The number of anilines is 1. The van der Waals surface area contributed by atoms with E-state index in [0.717, 1.165) is 24.8 Å². The van der Waals surface area contributed by atoms with Gasteiger partial charge in [0.25, 0.3) is 5.91 Å². The van der Waals surface area contributed by atoms with E-state index >= 15 is 0 Å². The maximum atomic E-state index is 12.8. The van der Waals surface area contributed by atoms with Crippen molar-refractivity contribution >= 4 is 29.1 Å². The number of carbonyl (C=O) groups is 2. The summed E-state index contributed by atoms with van der Waals surface area (Å²) in [5.74, 6) is -0.488. The van der Waals surface area contributed by atoms with E-state index in [1.54, 1.807) is 25.2 Å². The number of carbonyl (C=O) groups excluding carboxylic acids is 2. The molecule has 1 aliphatic carbocycles. The number of nitrogens with one attached hydrogen (secondary N) is 2. The summed E-state index contributed by atoms with van der Waals surface area (Å²) in [6, 6.07) is 12.9.